The topological polar surface area (TPSA) is 97.9 Å². The number of hydrogen-bond donors (Lipinski definition) is 0. The van der Waals surface area contributed by atoms with E-state index in [0.717, 1.165) is 0 Å². The highest BCUT2D eigenvalue weighted by atomic mass is 32.2. The highest BCUT2D eigenvalue weighted by Crippen LogP contribution is 2.24. The summed E-state index contributed by atoms with van der Waals surface area (Å²) in [5.74, 6) is 0.669. The molecule has 4 rings (SSSR count). The molecule has 0 bridgehead atoms. The number of alkyl halides is 2. The monoisotopic (exact) mass is 437 g/mol. The SMILES string of the molecule is CS(C)(=O)=NC[C@@H]1CN(c2cc(-c3cnc4ccc(C(F)F)nn34)ncn2)CCO1. The molecule has 160 valence electrons. The van der Waals surface area contributed by atoms with Crippen molar-refractivity contribution in [1.82, 2.24) is 24.6 Å². The van der Waals surface area contributed by atoms with E-state index in [-0.39, 0.29) is 11.8 Å². The Morgan fingerprint density at radius 1 is 1.30 bits per heavy atom. The number of imidazole rings is 1. The quantitative estimate of drug-likeness (QED) is 0.603. The first-order valence-electron chi connectivity index (χ1n) is 9.25. The maximum absolute atomic E-state index is 13.0. The molecule has 1 aliphatic rings. The molecule has 0 radical (unpaired) electrons. The molecule has 0 aromatic carbocycles. The molecule has 0 spiro atoms. The Hall–Kier alpha value is -2.73. The number of anilines is 1. The summed E-state index contributed by atoms with van der Waals surface area (Å²) in [6, 6.07) is 4.52. The molecule has 0 saturated carbocycles. The molecule has 4 heterocycles. The van der Waals surface area contributed by atoms with Gasteiger partial charge in [-0.2, -0.15) is 5.10 Å². The average Bonchev–Trinajstić information content (AvgIpc) is 3.15. The van der Waals surface area contributed by atoms with Crippen molar-refractivity contribution in [3.63, 3.8) is 0 Å². The van der Waals surface area contributed by atoms with E-state index in [1.807, 2.05) is 4.90 Å². The van der Waals surface area contributed by atoms with Crippen molar-refractivity contribution in [2.24, 2.45) is 4.36 Å². The van der Waals surface area contributed by atoms with E-state index in [9.17, 15) is 13.0 Å². The molecule has 1 fully saturated rings. The summed E-state index contributed by atoms with van der Waals surface area (Å²) in [5.41, 5.74) is 1.13. The van der Waals surface area contributed by atoms with Crippen LogP contribution in [0, 0.1) is 0 Å². The zero-order valence-electron chi connectivity index (χ0n) is 16.5. The highest BCUT2D eigenvalue weighted by Gasteiger charge is 2.22. The molecule has 1 aliphatic heterocycles. The van der Waals surface area contributed by atoms with Crippen LogP contribution in [0.5, 0.6) is 0 Å². The number of nitrogens with zero attached hydrogens (tertiary/aromatic N) is 7. The summed E-state index contributed by atoms with van der Waals surface area (Å²) < 4.78 is 49.2. The summed E-state index contributed by atoms with van der Waals surface area (Å²) in [4.78, 5) is 14.9. The number of rotatable bonds is 5. The van der Waals surface area contributed by atoms with Gasteiger partial charge >= 0.3 is 0 Å². The molecule has 30 heavy (non-hydrogen) atoms. The summed E-state index contributed by atoms with van der Waals surface area (Å²) in [7, 11) is -2.19. The van der Waals surface area contributed by atoms with E-state index in [2.05, 4.69) is 24.4 Å². The van der Waals surface area contributed by atoms with Crippen LogP contribution in [0.1, 0.15) is 12.1 Å². The minimum atomic E-state index is -2.68. The van der Waals surface area contributed by atoms with Gasteiger partial charge in [0.05, 0.1) is 31.1 Å². The number of ether oxygens (including phenoxy) is 1. The van der Waals surface area contributed by atoms with E-state index in [4.69, 9.17) is 4.74 Å². The predicted molar refractivity (Wildman–Crippen MR) is 108 cm³/mol. The first-order valence-corrected chi connectivity index (χ1v) is 11.6. The normalized spacial score (nSPS) is 17.6. The molecule has 9 nitrogen and oxygen atoms in total. The third-order valence-corrected chi connectivity index (χ3v) is 5.34. The number of hydrogen-bond acceptors (Lipinski definition) is 8. The molecule has 0 N–H and O–H groups in total. The summed E-state index contributed by atoms with van der Waals surface area (Å²) in [6.07, 6.45) is 3.28. The van der Waals surface area contributed by atoms with Crippen LogP contribution < -0.4 is 4.90 Å². The summed E-state index contributed by atoms with van der Waals surface area (Å²) >= 11 is 0. The second kappa shape index (κ2) is 8.19. The maximum Gasteiger partial charge on any atom is 0.282 e. The van der Waals surface area contributed by atoms with E-state index in [1.54, 1.807) is 24.8 Å². The Morgan fingerprint density at radius 3 is 2.90 bits per heavy atom. The zero-order valence-corrected chi connectivity index (χ0v) is 17.3. The van der Waals surface area contributed by atoms with Gasteiger partial charge in [0.1, 0.15) is 23.5 Å². The minimum absolute atomic E-state index is 0.191. The van der Waals surface area contributed by atoms with Crippen molar-refractivity contribution in [1.29, 1.82) is 0 Å². The van der Waals surface area contributed by atoms with E-state index in [0.29, 0.717) is 49.1 Å². The number of morpholine rings is 1. The predicted octanol–water partition coefficient (Wildman–Crippen LogP) is 2.06. The molecule has 3 aromatic rings. The fraction of sp³-hybridized carbons (Fsp3) is 0.444. The molecular formula is C18H21F2N7O2S. The molecule has 0 unspecified atom stereocenters. The van der Waals surface area contributed by atoms with E-state index < -0.39 is 16.2 Å². The minimum Gasteiger partial charge on any atom is -0.373 e. The van der Waals surface area contributed by atoms with Crippen LogP contribution in [0.3, 0.4) is 0 Å². The van der Waals surface area contributed by atoms with Crippen molar-refractivity contribution >= 4 is 21.2 Å². The van der Waals surface area contributed by atoms with Gasteiger partial charge in [0.25, 0.3) is 6.43 Å². The van der Waals surface area contributed by atoms with Crippen LogP contribution in [-0.4, -0.2) is 73.6 Å². The van der Waals surface area contributed by atoms with Gasteiger partial charge in [0, 0.05) is 41.4 Å². The number of aromatic nitrogens is 5. The lowest BCUT2D eigenvalue weighted by Gasteiger charge is -2.33. The average molecular weight is 437 g/mol. The molecular weight excluding hydrogens is 416 g/mol. The third kappa shape index (κ3) is 4.54. The van der Waals surface area contributed by atoms with Gasteiger partial charge < -0.3 is 9.64 Å². The molecule has 0 amide bonds. The Balaban J connectivity index is 1.61. The van der Waals surface area contributed by atoms with Gasteiger partial charge in [0.15, 0.2) is 5.65 Å². The van der Waals surface area contributed by atoms with Crippen LogP contribution >= 0.6 is 0 Å². The Kier molecular flexibility index (Phi) is 5.60. The van der Waals surface area contributed by atoms with Crippen molar-refractivity contribution in [2.75, 3.05) is 43.7 Å². The lowest BCUT2D eigenvalue weighted by molar-refractivity contribution is 0.0468. The summed E-state index contributed by atoms with van der Waals surface area (Å²) in [6.45, 7) is 1.99. The molecule has 0 aliphatic carbocycles. The zero-order chi connectivity index (χ0) is 21.3. The van der Waals surface area contributed by atoms with Crippen LogP contribution in [0.2, 0.25) is 0 Å². The fourth-order valence-electron chi connectivity index (χ4n) is 3.14. The smallest absolute Gasteiger partial charge is 0.282 e. The Labute approximate surface area is 172 Å². The van der Waals surface area contributed by atoms with E-state index in [1.165, 1.54) is 23.0 Å². The second-order valence-corrected chi connectivity index (χ2v) is 9.79. The van der Waals surface area contributed by atoms with Crippen molar-refractivity contribution in [2.45, 2.75) is 12.5 Å². The first kappa shape index (κ1) is 20.5. The maximum atomic E-state index is 13.0. The van der Waals surface area contributed by atoms with Gasteiger partial charge in [0.2, 0.25) is 0 Å². The molecule has 1 saturated heterocycles. The Bertz CT molecular complexity index is 1170. The Morgan fingerprint density at radius 2 is 2.13 bits per heavy atom. The van der Waals surface area contributed by atoms with Crippen LogP contribution in [0.4, 0.5) is 14.6 Å². The highest BCUT2D eigenvalue weighted by molar-refractivity contribution is 7.92. The van der Waals surface area contributed by atoms with Gasteiger partial charge in [-0.3, -0.25) is 4.21 Å². The van der Waals surface area contributed by atoms with Crippen molar-refractivity contribution in [3.05, 3.63) is 36.4 Å². The van der Waals surface area contributed by atoms with Crippen molar-refractivity contribution < 1.29 is 17.7 Å². The number of fused-ring (bicyclic) bond motifs is 1. The fourth-order valence-corrected chi connectivity index (χ4v) is 3.66. The van der Waals surface area contributed by atoms with Gasteiger partial charge in [-0.1, -0.05) is 0 Å². The first-order chi connectivity index (χ1) is 14.3. The number of halogens is 2. The molecule has 1 atom stereocenters. The molecule has 3 aromatic heterocycles. The lowest BCUT2D eigenvalue weighted by atomic mass is 10.2. The van der Waals surface area contributed by atoms with Gasteiger partial charge in [-0.15, -0.1) is 0 Å². The lowest BCUT2D eigenvalue weighted by Crippen LogP contribution is -2.44. The van der Waals surface area contributed by atoms with E-state index >= 15 is 0 Å². The summed E-state index contributed by atoms with van der Waals surface area (Å²) in [5, 5.41) is 3.98. The van der Waals surface area contributed by atoms with Crippen LogP contribution in [0.25, 0.3) is 17.0 Å². The van der Waals surface area contributed by atoms with Crippen LogP contribution in [0.15, 0.2) is 35.1 Å². The van der Waals surface area contributed by atoms with Crippen molar-refractivity contribution in [3.8, 4) is 11.4 Å². The van der Waals surface area contributed by atoms with Crippen LogP contribution in [-0.2, 0) is 14.5 Å². The third-order valence-electron chi connectivity index (χ3n) is 4.57. The second-order valence-electron chi connectivity index (χ2n) is 7.17. The van der Waals surface area contributed by atoms with Gasteiger partial charge in [-0.25, -0.2) is 32.6 Å². The largest absolute Gasteiger partial charge is 0.373 e. The molecule has 12 heteroatoms. The van der Waals surface area contributed by atoms with Gasteiger partial charge in [-0.05, 0) is 12.1 Å². The standard InChI is InChI=1S/C18H21F2N7O2S/c1-30(2,28)24-8-12-10-26(5-6-29-12)17-7-14(22-11-23-17)15-9-21-16-4-3-13(18(19)20)25-27(15)16/h3-4,7,9,11-12,18H,5-6,8,10H2,1-2H3/t12-/m1/s1.